The van der Waals surface area contributed by atoms with Crippen molar-refractivity contribution >= 4 is 12.1 Å². The zero-order chi connectivity index (χ0) is 37.8. The molecule has 4 N–H and O–H groups in total. The highest BCUT2D eigenvalue weighted by Gasteiger charge is 2.44. The number of carbonyl (C=O) groups is 2. The van der Waals surface area contributed by atoms with Crippen LogP contribution >= 0.6 is 0 Å². The van der Waals surface area contributed by atoms with Crippen molar-refractivity contribution in [1.82, 2.24) is 31.1 Å². The van der Waals surface area contributed by atoms with E-state index in [0.29, 0.717) is 37.3 Å². The van der Waals surface area contributed by atoms with Crippen LogP contribution in [0.15, 0.2) is 72.8 Å². The molecular weight excluding hydrogens is 693 g/mol. The van der Waals surface area contributed by atoms with Crippen molar-refractivity contribution in [2.45, 2.75) is 139 Å². The van der Waals surface area contributed by atoms with Crippen LogP contribution in [0.3, 0.4) is 0 Å². The van der Waals surface area contributed by atoms with Crippen LogP contribution in [0.25, 0.3) is 0 Å². The molecule has 298 valence electrons. The van der Waals surface area contributed by atoms with Gasteiger partial charge in [-0.15, -0.1) is 0 Å². The van der Waals surface area contributed by atoms with Crippen molar-refractivity contribution in [2.24, 2.45) is 11.8 Å². The molecule has 3 aromatic rings. The summed E-state index contributed by atoms with van der Waals surface area (Å²) in [5, 5.41) is 12.7. The molecule has 9 rings (SSSR count). The van der Waals surface area contributed by atoms with Crippen LogP contribution in [0.4, 0.5) is 9.59 Å². The zero-order valence-electron chi connectivity index (χ0n) is 33.4. The predicted molar refractivity (Wildman–Crippen MR) is 223 cm³/mol. The van der Waals surface area contributed by atoms with Gasteiger partial charge in [0.05, 0.1) is 0 Å². The molecule has 4 bridgehead atoms. The first-order valence-corrected chi connectivity index (χ1v) is 22.4. The lowest BCUT2D eigenvalue weighted by Gasteiger charge is -2.31. The molecule has 4 amide bonds. The molecule has 8 heteroatoms. The van der Waals surface area contributed by atoms with E-state index in [0.717, 1.165) is 50.4 Å². The van der Waals surface area contributed by atoms with Gasteiger partial charge in [0.1, 0.15) is 0 Å². The molecule has 0 spiro atoms. The second-order valence-corrected chi connectivity index (χ2v) is 18.1. The van der Waals surface area contributed by atoms with Crippen molar-refractivity contribution in [3.05, 3.63) is 106 Å². The number of carbonyl (C=O) groups excluding carboxylic acids is 2. The third-order valence-corrected chi connectivity index (χ3v) is 14.8. The zero-order valence-corrected chi connectivity index (χ0v) is 33.4. The number of nitrogens with one attached hydrogen (secondary N) is 4. The molecule has 2 saturated carbocycles. The highest BCUT2D eigenvalue weighted by Crippen LogP contribution is 2.54. The Balaban J connectivity index is 0.598. The molecule has 2 saturated heterocycles. The summed E-state index contributed by atoms with van der Waals surface area (Å²) in [6, 6.07) is 29.8. The number of fused-ring (bicyclic) bond motifs is 10. The summed E-state index contributed by atoms with van der Waals surface area (Å²) in [5.74, 6) is 1.55. The van der Waals surface area contributed by atoms with E-state index in [-0.39, 0.29) is 24.1 Å². The third-order valence-electron chi connectivity index (χ3n) is 14.8. The van der Waals surface area contributed by atoms with Crippen LogP contribution in [0.2, 0.25) is 0 Å². The Morgan fingerprint density at radius 1 is 0.464 bits per heavy atom. The monoisotopic (exact) mass is 757 g/mol. The predicted octanol–water partition coefficient (Wildman–Crippen LogP) is 9.05. The number of amides is 4. The molecule has 2 aliphatic carbocycles. The summed E-state index contributed by atoms with van der Waals surface area (Å²) in [6.07, 6.45) is 18.6. The molecule has 8 nitrogen and oxygen atoms in total. The molecule has 56 heavy (non-hydrogen) atoms. The van der Waals surface area contributed by atoms with E-state index in [1.165, 1.54) is 88.4 Å². The van der Waals surface area contributed by atoms with Crippen LogP contribution in [0.5, 0.6) is 0 Å². The third kappa shape index (κ3) is 8.38. The first-order chi connectivity index (χ1) is 27.6. The summed E-state index contributed by atoms with van der Waals surface area (Å²) < 4.78 is 0. The van der Waals surface area contributed by atoms with E-state index in [1.54, 1.807) is 22.3 Å². The number of nitrogens with zero attached hydrogens (tertiary/aromatic N) is 2. The van der Waals surface area contributed by atoms with Crippen LogP contribution in [0, 0.1) is 11.8 Å². The van der Waals surface area contributed by atoms with Crippen LogP contribution in [-0.4, -0.2) is 60.1 Å². The number of hydrogen-bond acceptors (Lipinski definition) is 4. The van der Waals surface area contributed by atoms with Gasteiger partial charge in [-0.05, 0) is 161 Å². The Kier molecular flexibility index (Phi) is 11.7. The fraction of sp³-hybridized carbons (Fsp3) is 0.583. The van der Waals surface area contributed by atoms with Crippen LogP contribution in [0.1, 0.15) is 147 Å². The van der Waals surface area contributed by atoms with Crippen molar-refractivity contribution in [1.29, 1.82) is 0 Å². The van der Waals surface area contributed by atoms with Gasteiger partial charge in [-0.2, -0.15) is 0 Å². The van der Waals surface area contributed by atoms with Crippen molar-refractivity contribution < 1.29 is 9.59 Å². The topological polar surface area (TPSA) is 88.7 Å². The second kappa shape index (κ2) is 17.3. The van der Waals surface area contributed by atoms with E-state index < -0.39 is 0 Å². The maximum Gasteiger partial charge on any atom is 0.315 e. The van der Waals surface area contributed by atoms with Gasteiger partial charge in [0, 0.05) is 49.3 Å². The van der Waals surface area contributed by atoms with Crippen molar-refractivity contribution in [3.8, 4) is 0 Å². The highest BCUT2D eigenvalue weighted by atomic mass is 16.2. The summed E-state index contributed by atoms with van der Waals surface area (Å²) in [6.45, 7) is 3.66. The van der Waals surface area contributed by atoms with E-state index >= 15 is 0 Å². The second-order valence-electron chi connectivity index (χ2n) is 18.1. The first-order valence-electron chi connectivity index (χ1n) is 22.4. The lowest BCUT2D eigenvalue weighted by atomic mass is 9.84. The molecule has 1 unspecified atom stereocenters. The summed E-state index contributed by atoms with van der Waals surface area (Å²) in [5.41, 5.74) is 8.74. The van der Waals surface area contributed by atoms with Gasteiger partial charge >= 0.3 is 12.1 Å². The normalized spacial score (nSPS) is 29.1. The molecule has 4 fully saturated rings. The van der Waals surface area contributed by atoms with E-state index in [4.69, 9.17) is 0 Å². The molecule has 3 aromatic carbocycles. The SMILES string of the molecule is O=C(NCCc1ccc(CCNC(=O)NC2CCC(CCN3[C@@H]4CC[C@H]3c3ccccc34)CC2)cc1)NC1CCC(CCN2C3CC[C@@H]2c2ccccc23)CC1. The summed E-state index contributed by atoms with van der Waals surface area (Å²) >= 11 is 0. The highest BCUT2D eigenvalue weighted by molar-refractivity contribution is 5.74. The van der Waals surface area contributed by atoms with Gasteiger partial charge in [0.25, 0.3) is 0 Å². The fourth-order valence-electron chi connectivity index (χ4n) is 11.8. The average molecular weight is 757 g/mol. The molecule has 0 aromatic heterocycles. The van der Waals surface area contributed by atoms with E-state index in [2.05, 4.69) is 104 Å². The number of benzene rings is 3. The Labute approximate surface area is 335 Å². The molecule has 4 atom stereocenters. The summed E-state index contributed by atoms with van der Waals surface area (Å²) in [7, 11) is 0. The quantitative estimate of drug-likeness (QED) is 0.132. The van der Waals surface area contributed by atoms with Crippen molar-refractivity contribution in [3.63, 3.8) is 0 Å². The smallest absolute Gasteiger partial charge is 0.315 e. The fourth-order valence-corrected chi connectivity index (χ4v) is 11.8. The Bertz CT molecular complexity index is 1600. The van der Waals surface area contributed by atoms with Gasteiger partial charge in [-0.25, -0.2) is 9.59 Å². The number of hydrogen-bond donors (Lipinski definition) is 4. The van der Waals surface area contributed by atoms with Crippen LogP contribution in [-0.2, 0) is 12.8 Å². The van der Waals surface area contributed by atoms with Crippen LogP contribution < -0.4 is 21.3 Å². The molecule has 4 heterocycles. The molecule has 6 aliphatic rings. The molecular formula is C48H64N6O2. The Morgan fingerprint density at radius 2 is 0.804 bits per heavy atom. The van der Waals surface area contributed by atoms with Gasteiger partial charge in [0.15, 0.2) is 0 Å². The number of urea groups is 2. The van der Waals surface area contributed by atoms with Gasteiger partial charge in [-0.1, -0.05) is 72.8 Å². The maximum atomic E-state index is 12.7. The van der Waals surface area contributed by atoms with E-state index in [1.807, 2.05) is 0 Å². The van der Waals surface area contributed by atoms with E-state index in [9.17, 15) is 9.59 Å². The Morgan fingerprint density at radius 3 is 1.14 bits per heavy atom. The summed E-state index contributed by atoms with van der Waals surface area (Å²) in [4.78, 5) is 30.9. The minimum atomic E-state index is -0.0374. The number of rotatable bonds is 14. The Hall–Kier alpha value is -3.88. The standard InChI is InChI=1S/C48H64N6O2/c55-47(51-37-17-13-35(14-18-37)27-31-53-43-21-22-44(53)40-6-2-1-5-39(40)43)49-29-25-33-9-11-34(12-10-33)26-30-50-48(56)52-38-19-15-36(16-20-38)28-32-54-45-23-24-46(54)42-8-4-3-7-41(42)45/h1-12,35-38,43-46H,13-32H2,(H2,49,51,55)(H2,50,52,56)/t35?,36?,37?,38?,43-,44+,45-,46?/m1/s1. The first kappa shape index (κ1) is 37.7. The largest absolute Gasteiger partial charge is 0.338 e. The van der Waals surface area contributed by atoms with Crippen molar-refractivity contribution in [2.75, 3.05) is 26.2 Å². The van der Waals surface area contributed by atoms with Gasteiger partial charge in [-0.3, -0.25) is 9.80 Å². The van der Waals surface area contributed by atoms with Gasteiger partial charge in [0.2, 0.25) is 0 Å². The average Bonchev–Trinajstić information content (AvgIpc) is 3.99. The lowest BCUT2D eigenvalue weighted by molar-refractivity contribution is 0.185. The maximum absolute atomic E-state index is 12.7. The minimum absolute atomic E-state index is 0.0374. The lowest BCUT2D eigenvalue weighted by Crippen LogP contribution is -2.44. The van der Waals surface area contributed by atoms with Gasteiger partial charge < -0.3 is 21.3 Å². The molecule has 0 radical (unpaired) electrons. The molecule has 4 aliphatic heterocycles. The minimum Gasteiger partial charge on any atom is -0.338 e.